The van der Waals surface area contributed by atoms with Gasteiger partial charge in [-0.3, -0.25) is 0 Å². The van der Waals surface area contributed by atoms with Gasteiger partial charge in [0.2, 0.25) is 0 Å². The van der Waals surface area contributed by atoms with Crippen LogP contribution < -0.4 is 20.1 Å². The summed E-state index contributed by atoms with van der Waals surface area (Å²) in [6, 6.07) is 65.3. The van der Waals surface area contributed by atoms with Crippen LogP contribution in [0.2, 0.25) is 0 Å². The zero-order valence-corrected chi connectivity index (χ0v) is 32.7. The molecule has 1 spiro atoms. The fourth-order valence-corrected chi connectivity index (χ4v) is 10.8. The quantitative estimate of drug-likeness (QED) is 0.178. The van der Waals surface area contributed by atoms with Gasteiger partial charge in [0.15, 0.2) is 0 Å². The second-order valence-corrected chi connectivity index (χ2v) is 16.7. The van der Waals surface area contributed by atoms with E-state index in [4.69, 9.17) is 4.74 Å². The number of para-hydroxylation sites is 2. The molecule has 1 heterocycles. The predicted octanol–water partition coefficient (Wildman–Crippen LogP) is 13.0. The molecular weight excluding hydrogens is 703 g/mol. The van der Waals surface area contributed by atoms with Gasteiger partial charge in [-0.1, -0.05) is 159 Å². The minimum absolute atomic E-state index is 0.0804. The summed E-state index contributed by atoms with van der Waals surface area (Å²) in [5.41, 5.74) is 18.1. The van der Waals surface area contributed by atoms with E-state index in [9.17, 15) is 0 Å². The van der Waals surface area contributed by atoms with Gasteiger partial charge in [-0.25, -0.2) is 0 Å². The molecule has 2 nitrogen and oxygen atoms in total. The van der Waals surface area contributed by atoms with Crippen LogP contribution in [-0.2, 0) is 10.8 Å². The standard InChI is InChI=1S/C56H41NO/c1-55(2)45-22-10-8-20-41(45)43-34-38(29-31-46(43)55)57(51-33-28-36-16-6-7-19-40(36)54(51)37-17-4-3-5-18-37)39-30-32-48-44(35-39)42-21-9-11-23-47(42)56(48)49-24-12-14-26-52(49)58-53-27-15-13-25-50(53)56/h3-5,8-35H,6-7H2,1-2H3. The SMILES string of the molecule is CC1(C)c2ccccc2-c2cc(N(c3ccc4c(c3)-c3ccccc3C43c4ccccc4Oc4ccccc43)c3ccc4c(c3-c3ccccc3)=CCCC=4)ccc21. The lowest BCUT2D eigenvalue weighted by Gasteiger charge is -2.39. The molecule has 0 radical (unpaired) electrons. The summed E-state index contributed by atoms with van der Waals surface area (Å²) in [5, 5.41) is 2.62. The van der Waals surface area contributed by atoms with E-state index in [0.717, 1.165) is 35.7 Å². The Labute approximate surface area is 339 Å². The van der Waals surface area contributed by atoms with Gasteiger partial charge in [0, 0.05) is 33.5 Å². The highest BCUT2D eigenvalue weighted by Gasteiger charge is 2.51. The fraction of sp³-hybridized carbons (Fsp3) is 0.107. The number of anilines is 3. The van der Waals surface area contributed by atoms with Gasteiger partial charge in [-0.15, -0.1) is 0 Å². The minimum Gasteiger partial charge on any atom is -0.457 e. The van der Waals surface area contributed by atoms with E-state index in [2.05, 4.69) is 207 Å². The van der Waals surface area contributed by atoms with Crippen molar-refractivity contribution in [2.45, 2.75) is 37.5 Å². The maximum Gasteiger partial charge on any atom is 0.132 e. The van der Waals surface area contributed by atoms with Gasteiger partial charge in [-0.2, -0.15) is 0 Å². The van der Waals surface area contributed by atoms with Crippen molar-refractivity contribution in [3.05, 3.63) is 220 Å². The fourth-order valence-electron chi connectivity index (χ4n) is 10.8. The molecule has 0 saturated carbocycles. The first-order valence-corrected chi connectivity index (χ1v) is 20.6. The highest BCUT2D eigenvalue weighted by atomic mass is 16.5. The van der Waals surface area contributed by atoms with Gasteiger partial charge in [0.1, 0.15) is 11.5 Å². The molecule has 0 unspecified atom stereocenters. The van der Waals surface area contributed by atoms with Crippen LogP contribution in [0.15, 0.2) is 176 Å². The summed E-state index contributed by atoms with van der Waals surface area (Å²) >= 11 is 0. The molecule has 58 heavy (non-hydrogen) atoms. The second kappa shape index (κ2) is 12.3. The van der Waals surface area contributed by atoms with Crippen LogP contribution in [0.5, 0.6) is 11.5 Å². The molecule has 12 rings (SSSR count). The molecule has 4 aliphatic rings. The minimum atomic E-state index is -0.518. The van der Waals surface area contributed by atoms with Gasteiger partial charge < -0.3 is 9.64 Å². The van der Waals surface area contributed by atoms with Gasteiger partial charge in [0.25, 0.3) is 0 Å². The van der Waals surface area contributed by atoms with E-state index >= 15 is 0 Å². The highest BCUT2D eigenvalue weighted by molar-refractivity contribution is 5.95. The number of hydrogen-bond acceptors (Lipinski definition) is 2. The van der Waals surface area contributed by atoms with Gasteiger partial charge >= 0.3 is 0 Å². The van der Waals surface area contributed by atoms with Crippen molar-refractivity contribution in [3.63, 3.8) is 0 Å². The maximum absolute atomic E-state index is 6.63. The van der Waals surface area contributed by atoms with Gasteiger partial charge in [0.05, 0.1) is 11.1 Å². The Morgan fingerprint density at radius 2 is 0.966 bits per heavy atom. The third-order valence-corrected chi connectivity index (χ3v) is 13.4. The predicted molar refractivity (Wildman–Crippen MR) is 239 cm³/mol. The first kappa shape index (κ1) is 33.3. The van der Waals surface area contributed by atoms with E-state index in [0.29, 0.717) is 0 Å². The van der Waals surface area contributed by atoms with Crippen molar-refractivity contribution in [2.75, 3.05) is 4.90 Å². The van der Waals surface area contributed by atoms with E-state index < -0.39 is 5.41 Å². The van der Waals surface area contributed by atoms with E-state index in [1.54, 1.807) is 0 Å². The van der Waals surface area contributed by atoms with E-state index in [1.807, 2.05) is 0 Å². The Morgan fingerprint density at radius 3 is 1.67 bits per heavy atom. The average molecular weight is 744 g/mol. The molecule has 2 heteroatoms. The molecule has 0 aromatic heterocycles. The van der Waals surface area contributed by atoms with E-state index in [-0.39, 0.29) is 5.41 Å². The Kier molecular flexibility index (Phi) is 7.05. The number of rotatable bonds is 4. The Balaban J connectivity index is 1.16. The molecule has 0 fully saturated rings. The van der Waals surface area contributed by atoms with Crippen LogP contribution in [-0.4, -0.2) is 0 Å². The molecule has 1 aliphatic heterocycles. The Hall–Kier alpha value is -6.90. The summed E-state index contributed by atoms with van der Waals surface area (Å²) in [6.45, 7) is 4.72. The van der Waals surface area contributed by atoms with Crippen molar-refractivity contribution in [3.8, 4) is 44.9 Å². The summed E-state index contributed by atoms with van der Waals surface area (Å²) < 4.78 is 6.63. The van der Waals surface area contributed by atoms with Crippen molar-refractivity contribution in [2.24, 2.45) is 0 Å². The zero-order valence-electron chi connectivity index (χ0n) is 32.7. The largest absolute Gasteiger partial charge is 0.457 e. The molecule has 0 N–H and O–H groups in total. The first-order valence-electron chi connectivity index (χ1n) is 20.6. The van der Waals surface area contributed by atoms with E-state index in [1.165, 1.54) is 82.9 Å². The lowest BCUT2D eigenvalue weighted by atomic mass is 9.66. The monoisotopic (exact) mass is 743 g/mol. The molecule has 3 aliphatic carbocycles. The molecule has 0 bridgehead atoms. The van der Waals surface area contributed by atoms with Crippen molar-refractivity contribution in [1.82, 2.24) is 0 Å². The molecule has 8 aromatic carbocycles. The van der Waals surface area contributed by atoms with Crippen LogP contribution in [0.25, 0.3) is 45.5 Å². The van der Waals surface area contributed by atoms with Crippen molar-refractivity contribution < 1.29 is 4.74 Å². The lowest BCUT2D eigenvalue weighted by Crippen LogP contribution is -2.32. The first-order chi connectivity index (χ1) is 28.5. The number of benzene rings is 8. The molecule has 0 amide bonds. The van der Waals surface area contributed by atoms with Crippen LogP contribution in [0.3, 0.4) is 0 Å². The Bertz CT molecular complexity index is 3090. The summed E-state index contributed by atoms with van der Waals surface area (Å²) in [5.74, 6) is 1.82. The Morgan fingerprint density at radius 1 is 0.448 bits per heavy atom. The number of nitrogens with zero attached hydrogens (tertiary/aromatic N) is 1. The smallest absolute Gasteiger partial charge is 0.132 e. The molecule has 0 atom stereocenters. The third-order valence-electron chi connectivity index (χ3n) is 13.4. The molecule has 0 saturated heterocycles. The highest BCUT2D eigenvalue weighted by Crippen LogP contribution is 2.62. The average Bonchev–Trinajstić information content (AvgIpc) is 3.69. The zero-order chi connectivity index (χ0) is 38.6. The lowest BCUT2D eigenvalue weighted by molar-refractivity contribution is 0.436. The van der Waals surface area contributed by atoms with Crippen molar-refractivity contribution in [1.29, 1.82) is 0 Å². The van der Waals surface area contributed by atoms with Gasteiger partial charge in [-0.05, 0) is 116 Å². The normalized spacial score (nSPS) is 15.3. The summed E-state index contributed by atoms with van der Waals surface area (Å²) in [6.07, 6.45) is 6.95. The number of fused-ring (bicyclic) bond motifs is 13. The van der Waals surface area contributed by atoms with Crippen LogP contribution in [0, 0.1) is 0 Å². The molecular formula is C56H41NO. The topological polar surface area (TPSA) is 12.5 Å². The van der Waals surface area contributed by atoms with Crippen LogP contribution in [0.4, 0.5) is 17.1 Å². The van der Waals surface area contributed by atoms with Crippen LogP contribution >= 0.6 is 0 Å². The van der Waals surface area contributed by atoms with Crippen molar-refractivity contribution >= 4 is 29.2 Å². The number of ether oxygens (including phenoxy) is 1. The summed E-state index contributed by atoms with van der Waals surface area (Å²) in [7, 11) is 0. The molecule has 276 valence electrons. The second-order valence-electron chi connectivity index (χ2n) is 16.7. The third kappa shape index (κ3) is 4.49. The molecule has 8 aromatic rings. The maximum atomic E-state index is 6.63. The van der Waals surface area contributed by atoms with Crippen LogP contribution in [0.1, 0.15) is 60.1 Å². The number of hydrogen-bond donors (Lipinski definition) is 0. The summed E-state index contributed by atoms with van der Waals surface area (Å²) in [4.78, 5) is 2.53.